The van der Waals surface area contributed by atoms with Gasteiger partial charge in [0.1, 0.15) is 0 Å². The van der Waals surface area contributed by atoms with Gasteiger partial charge in [0.05, 0.1) is 4.92 Å². The van der Waals surface area contributed by atoms with Crippen molar-refractivity contribution in [1.29, 1.82) is 0 Å². The first-order valence-electron chi connectivity index (χ1n) is 4.34. The first-order valence-corrected chi connectivity index (χ1v) is 4.34. The van der Waals surface area contributed by atoms with Gasteiger partial charge in [0.15, 0.2) is 5.52 Å². The number of aromatic amines is 1. The van der Waals surface area contributed by atoms with E-state index >= 15 is 0 Å². The van der Waals surface area contributed by atoms with E-state index in [9.17, 15) is 10.1 Å². The average molecular weight is 191 g/mol. The van der Waals surface area contributed by atoms with E-state index < -0.39 is 4.92 Å². The van der Waals surface area contributed by atoms with E-state index in [1.807, 2.05) is 13.0 Å². The van der Waals surface area contributed by atoms with Crippen LogP contribution < -0.4 is 0 Å². The summed E-state index contributed by atoms with van der Waals surface area (Å²) in [5.41, 5.74) is 1.43. The smallest absolute Gasteiger partial charge is 0.281 e. The third kappa shape index (κ3) is 1.14. The van der Waals surface area contributed by atoms with Crippen molar-refractivity contribution < 1.29 is 4.92 Å². The summed E-state index contributed by atoms with van der Waals surface area (Å²) >= 11 is 0. The van der Waals surface area contributed by atoms with Crippen molar-refractivity contribution in [3.63, 3.8) is 0 Å². The first kappa shape index (κ1) is 8.68. The molecule has 0 fully saturated rings. The van der Waals surface area contributed by atoms with E-state index in [0.717, 1.165) is 17.5 Å². The summed E-state index contributed by atoms with van der Waals surface area (Å²) < 4.78 is 0. The number of rotatable bonds is 2. The molecule has 1 N–H and O–H groups in total. The normalized spacial score (nSPS) is 10.6. The number of H-pyrrole nitrogens is 1. The van der Waals surface area contributed by atoms with Gasteiger partial charge in [0, 0.05) is 17.1 Å². The van der Waals surface area contributed by atoms with Gasteiger partial charge in [0.2, 0.25) is 0 Å². The van der Waals surface area contributed by atoms with Crippen LogP contribution in [0.3, 0.4) is 0 Å². The number of nitro benzene ring substituents is 1. The molecule has 0 aliphatic heterocycles. The number of fused-ring (bicyclic) bond motifs is 1. The van der Waals surface area contributed by atoms with E-state index in [2.05, 4.69) is 10.2 Å². The van der Waals surface area contributed by atoms with Crippen LogP contribution in [-0.2, 0) is 6.42 Å². The van der Waals surface area contributed by atoms with Crippen molar-refractivity contribution in [1.82, 2.24) is 10.2 Å². The zero-order valence-corrected chi connectivity index (χ0v) is 7.65. The molecule has 2 rings (SSSR count). The van der Waals surface area contributed by atoms with Crippen LogP contribution in [0.1, 0.15) is 12.6 Å². The van der Waals surface area contributed by atoms with Crippen molar-refractivity contribution in [2.24, 2.45) is 0 Å². The molecule has 2 aromatic rings. The molecular weight excluding hydrogens is 182 g/mol. The Kier molecular flexibility index (Phi) is 1.92. The molecule has 5 nitrogen and oxygen atoms in total. The van der Waals surface area contributed by atoms with E-state index in [1.54, 1.807) is 6.07 Å². The minimum Gasteiger partial charge on any atom is -0.281 e. The van der Waals surface area contributed by atoms with Crippen LogP contribution in [0, 0.1) is 10.1 Å². The number of nitrogens with one attached hydrogen (secondary N) is 1. The average Bonchev–Trinajstić information content (AvgIpc) is 2.59. The number of hydrogen-bond donors (Lipinski definition) is 1. The van der Waals surface area contributed by atoms with Crippen LogP contribution in [0.4, 0.5) is 5.69 Å². The molecule has 0 atom stereocenters. The summed E-state index contributed by atoms with van der Waals surface area (Å²) in [5, 5.41) is 18.2. The van der Waals surface area contributed by atoms with Gasteiger partial charge in [-0.3, -0.25) is 15.2 Å². The van der Waals surface area contributed by atoms with Crippen LogP contribution in [0.2, 0.25) is 0 Å². The maximum atomic E-state index is 10.7. The number of para-hydroxylation sites is 1. The van der Waals surface area contributed by atoms with Gasteiger partial charge in [-0.05, 0) is 6.42 Å². The summed E-state index contributed by atoms with van der Waals surface area (Å²) in [6, 6.07) is 4.97. The molecular formula is C9H9N3O2. The Morgan fingerprint density at radius 3 is 3.00 bits per heavy atom. The third-order valence-electron chi connectivity index (χ3n) is 2.19. The van der Waals surface area contributed by atoms with Crippen LogP contribution >= 0.6 is 0 Å². The van der Waals surface area contributed by atoms with Gasteiger partial charge in [-0.1, -0.05) is 19.1 Å². The molecule has 0 amide bonds. The predicted octanol–water partition coefficient (Wildman–Crippen LogP) is 2.03. The molecule has 1 aromatic heterocycles. The fourth-order valence-corrected chi connectivity index (χ4v) is 1.49. The molecule has 0 aliphatic rings. The number of nitro groups is 1. The number of hydrogen-bond acceptors (Lipinski definition) is 3. The predicted molar refractivity (Wildman–Crippen MR) is 52.1 cm³/mol. The number of non-ortho nitro benzene ring substituents is 1. The Morgan fingerprint density at radius 1 is 1.57 bits per heavy atom. The van der Waals surface area contributed by atoms with E-state index in [-0.39, 0.29) is 5.69 Å². The van der Waals surface area contributed by atoms with Crippen LogP contribution in [0.25, 0.3) is 10.9 Å². The molecule has 0 unspecified atom stereocenters. The minimum atomic E-state index is -0.414. The molecule has 0 bridgehead atoms. The largest absolute Gasteiger partial charge is 0.297 e. The summed E-state index contributed by atoms with van der Waals surface area (Å²) in [6.07, 6.45) is 0.789. The highest BCUT2D eigenvalue weighted by Gasteiger charge is 2.15. The highest BCUT2D eigenvalue weighted by Crippen LogP contribution is 2.25. The second-order valence-corrected chi connectivity index (χ2v) is 2.99. The Balaban J connectivity index is 2.76. The zero-order valence-electron chi connectivity index (χ0n) is 7.65. The lowest BCUT2D eigenvalue weighted by molar-refractivity contribution is -0.383. The van der Waals surface area contributed by atoms with Gasteiger partial charge in [-0.2, -0.15) is 5.10 Å². The highest BCUT2D eigenvalue weighted by molar-refractivity contribution is 5.89. The van der Waals surface area contributed by atoms with Crippen molar-refractivity contribution in [2.45, 2.75) is 13.3 Å². The van der Waals surface area contributed by atoms with Crippen molar-refractivity contribution >= 4 is 16.6 Å². The van der Waals surface area contributed by atoms with Crippen LogP contribution in [0.5, 0.6) is 0 Å². The Hall–Kier alpha value is -1.91. The van der Waals surface area contributed by atoms with Crippen molar-refractivity contribution in [3.05, 3.63) is 34.0 Å². The lowest BCUT2D eigenvalue weighted by Gasteiger charge is -1.92. The van der Waals surface area contributed by atoms with Crippen LogP contribution in [-0.4, -0.2) is 15.1 Å². The minimum absolute atomic E-state index is 0.0541. The number of aryl methyl sites for hydroxylation is 1. The Labute approximate surface area is 79.9 Å². The molecule has 72 valence electrons. The van der Waals surface area contributed by atoms with Gasteiger partial charge < -0.3 is 0 Å². The molecule has 1 aromatic carbocycles. The van der Waals surface area contributed by atoms with Crippen LogP contribution in [0.15, 0.2) is 18.2 Å². The second-order valence-electron chi connectivity index (χ2n) is 2.99. The highest BCUT2D eigenvalue weighted by atomic mass is 16.6. The van der Waals surface area contributed by atoms with Gasteiger partial charge in [-0.25, -0.2) is 0 Å². The van der Waals surface area contributed by atoms with Crippen molar-refractivity contribution in [3.8, 4) is 0 Å². The molecule has 0 radical (unpaired) electrons. The topological polar surface area (TPSA) is 71.8 Å². The number of nitrogens with zero attached hydrogens (tertiary/aromatic N) is 2. The van der Waals surface area contributed by atoms with E-state index in [1.165, 1.54) is 6.07 Å². The van der Waals surface area contributed by atoms with Crippen molar-refractivity contribution in [2.75, 3.05) is 0 Å². The molecule has 0 saturated carbocycles. The fourth-order valence-electron chi connectivity index (χ4n) is 1.49. The van der Waals surface area contributed by atoms with Gasteiger partial charge in [-0.15, -0.1) is 0 Å². The molecule has 14 heavy (non-hydrogen) atoms. The van der Waals surface area contributed by atoms with E-state index in [4.69, 9.17) is 0 Å². The Morgan fingerprint density at radius 2 is 2.36 bits per heavy atom. The van der Waals surface area contributed by atoms with Gasteiger partial charge in [0.25, 0.3) is 5.69 Å². The Bertz CT molecular complexity index is 490. The zero-order chi connectivity index (χ0) is 10.1. The maximum Gasteiger partial charge on any atom is 0.297 e. The molecule has 0 spiro atoms. The lowest BCUT2D eigenvalue weighted by Crippen LogP contribution is -1.88. The standard InChI is InChI=1S/C9H9N3O2/c1-2-7-6-4-3-5-8(12(13)14)9(6)11-10-7/h3-5H,2H2,1H3,(H,10,11). The second kappa shape index (κ2) is 3.10. The number of aromatic nitrogens is 2. The summed E-state index contributed by atoms with van der Waals surface area (Å²) in [7, 11) is 0. The summed E-state index contributed by atoms with van der Waals surface area (Å²) in [4.78, 5) is 10.3. The molecule has 1 heterocycles. The summed E-state index contributed by atoms with van der Waals surface area (Å²) in [5.74, 6) is 0. The monoisotopic (exact) mass is 191 g/mol. The van der Waals surface area contributed by atoms with E-state index in [0.29, 0.717) is 5.52 Å². The number of benzene rings is 1. The molecule has 0 saturated heterocycles. The first-order chi connectivity index (χ1) is 6.74. The summed E-state index contributed by atoms with van der Waals surface area (Å²) in [6.45, 7) is 1.98. The fraction of sp³-hybridized carbons (Fsp3) is 0.222. The maximum absolute atomic E-state index is 10.7. The SMILES string of the molecule is CCc1[nH]nc2c([N+](=O)[O-])cccc12. The van der Waals surface area contributed by atoms with Gasteiger partial charge >= 0.3 is 0 Å². The third-order valence-corrected chi connectivity index (χ3v) is 2.19. The quantitative estimate of drug-likeness (QED) is 0.583. The molecule has 5 heteroatoms. The molecule has 0 aliphatic carbocycles. The lowest BCUT2D eigenvalue weighted by atomic mass is 10.1.